The maximum Gasteiger partial charge on any atom is 0.254 e. The zero-order valence-electron chi connectivity index (χ0n) is 14.5. The number of nitrogens with zero attached hydrogens (tertiary/aromatic N) is 4. The summed E-state index contributed by atoms with van der Waals surface area (Å²) in [6, 6.07) is 18.1. The predicted octanol–water partition coefficient (Wildman–Crippen LogP) is 3.26. The minimum Gasteiger partial charge on any atom is -0.335 e. The number of carbonyl (C=O) groups is 1. The van der Waals surface area contributed by atoms with Crippen molar-refractivity contribution in [1.29, 1.82) is 0 Å². The molecular weight excluding hydrogens is 324 g/mol. The fraction of sp³-hybridized carbons (Fsp3) is 0.190. The molecule has 0 unspecified atom stereocenters. The van der Waals surface area contributed by atoms with Crippen molar-refractivity contribution < 1.29 is 4.79 Å². The lowest BCUT2D eigenvalue weighted by molar-refractivity contribution is 0.0773. The number of hydrogen-bond acceptors (Lipinski definition) is 3. The predicted molar refractivity (Wildman–Crippen MR) is 101 cm³/mol. The molecule has 0 N–H and O–H groups in total. The number of aromatic nitrogens is 3. The summed E-state index contributed by atoms with van der Waals surface area (Å²) < 4.78 is 1.76. The molecule has 0 radical (unpaired) electrons. The van der Waals surface area contributed by atoms with Crippen molar-refractivity contribution in [3.8, 4) is 0 Å². The highest BCUT2D eigenvalue weighted by Crippen LogP contribution is 2.23. The van der Waals surface area contributed by atoms with Crippen LogP contribution < -0.4 is 0 Å². The Bertz CT molecular complexity index is 899. The van der Waals surface area contributed by atoms with Crippen LogP contribution in [0.5, 0.6) is 0 Å². The van der Waals surface area contributed by atoms with Gasteiger partial charge in [-0.05, 0) is 35.3 Å². The maximum atomic E-state index is 12.7. The number of benzene rings is 2. The Labute approximate surface area is 152 Å². The normalized spacial score (nSPS) is 14.2. The standard InChI is InChI=1S/C21H20N4O/c26-21(20-8-6-17(7-9-20)14-25-16-22-15-23-25)24-12-10-19(11-13-24)18-4-2-1-3-5-18/h1-10,15-16H,11-14H2. The molecule has 5 heteroatoms. The van der Waals surface area contributed by atoms with E-state index in [1.807, 2.05) is 35.2 Å². The van der Waals surface area contributed by atoms with Gasteiger partial charge in [-0.2, -0.15) is 5.10 Å². The second kappa shape index (κ2) is 7.35. The Hall–Kier alpha value is -3.21. The third-order valence-corrected chi connectivity index (χ3v) is 4.65. The third-order valence-electron chi connectivity index (χ3n) is 4.65. The summed E-state index contributed by atoms with van der Waals surface area (Å²) >= 11 is 0. The van der Waals surface area contributed by atoms with E-state index in [1.54, 1.807) is 11.0 Å². The van der Waals surface area contributed by atoms with Crippen molar-refractivity contribution in [3.63, 3.8) is 0 Å². The van der Waals surface area contributed by atoms with Crippen LogP contribution in [0.15, 0.2) is 73.3 Å². The first-order valence-electron chi connectivity index (χ1n) is 8.75. The summed E-state index contributed by atoms with van der Waals surface area (Å²) in [6.07, 6.45) is 6.25. The summed E-state index contributed by atoms with van der Waals surface area (Å²) in [5, 5.41) is 4.10. The third kappa shape index (κ3) is 3.57. The molecule has 0 saturated carbocycles. The zero-order valence-corrected chi connectivity index (χ0v) is 14.5. The minimum absolute atomic E-state index is 0.0840. The van der Waals surface area contributed by atoms with E-state index in [0.717, 1.165) is 24.1 Å². The Morgan fingerprint density at radius 3 is 2.50 bits per heavy atom. The first-order chi connectivity index (χ1) is 12.8. The average Bonchev–Trinajstić information content (AvgIpc) is 3.22. The van der Waals surface area contributed by atoms with Gasteiger partial charge in [0.15, 0.2) is 0 Å². The molecule has 1 amide bonds. The molecule has 4 rings (SSSR count). The van der Waals surface area contributed by atoms with Crippen LogP contribution in [-0.2, 0) is 6.54 Å². The largest absolute Gasteiger partial charge is 0.335 e. The van der Waals surface area contributed by atoms with Gasteiger partial charge in [-0.1, -0.05) is 48.5 Å². The van der Waals surface area contributed by atoms with Crippen molar-refractivity contribution in [1.82, 2.24) is 19.7 Å². The molecule has 0 bridgehead atoms. The molecule has 26 heavy (non-hydrogen) atoms. The van der Waals surface area contributed by atoms with Gasteiger partial charge in [0.25, 0.3) is 5.91 Å². The number of amides is 1. The number of hydrogen-bond donors (Lipinski definition) is 0. The maximum absolute atomic E-state index is 12.7. The first-order valence-corrected chi connectivity index (χ1v) is 8.75. The smallest absolute Gasteiger partial charge is 0.254 e. The van der Waals surface area contributed by atoms with Gasteiger partial charge in [0.2, 0.25) is 0 Å². The highest BCUT2D eigenvalue weighted by molar-refractivity contribution is 5.94. The van der Waals surface area contributed by atoms with Crippen molar-refractivity contribution in [3.05, 3.63) is 90.0 Å². The van der Waals surface area contributed by atoms with Crippen LogP contribution in [0.25, 0.3) is 5.57 Å². The average molecular weight is 344 g/mol. The van der Waals surface area contributed by atoms with Gasteiger partial charge in [0.05, 0.1) is 6.54 Å². The van der Waals surface area contributed by atoms with Crippen LogP contribution in [0.1, 0.15) is 27.9 Å². The summed E-state index contributed by atoms with van der Waals surface area (Å²) in [6.45, 7) is 2.06. The number of rotatable bonds is 4. The summed E-state index contributed by atoms with van der Waals surface area (Å²) in [4.78, 5) is 18.6. The molecule has 0 saturated heterocycles. The van der Waals surface area contributed by atoms with Gasteiger partial charge in [-0.3, -0.25) is 4.79 Å². The van der Waals surface area contributed by atoms with E-state index in [9.17, 15) is 4.79 Å². The monoisotopic (exact) mass is 344 g/mol. The molecule has 5 nitrogen and oxygen atoms in total. The SMILES string of the molecule is O=C(c1ccc(Cn2cncn2)cc1)N1CC=C(c2ccccc2)CC1. The van der Waals surface area contributed by atoms with Crippen LogP contribution in [-0.4, -0.2) is 38.7 Å². The highest BCUT2D eigenvalue weighted by atomic mass is 16.2. The lowest BCUT2D eigenvalue weighted by Crippen LogP contribution is -2.34. The second-order valence-electron chi connectivity index (χ2n) is 6.39. The second-order valence-corrected chi connectivity index (χ2v) is 6.39. The van der Waals surface area contributed by atoms with Gasteiger partial charge in [-0.15, -0.1) is 0 Å². The van der Waals surface area contributed by atoms with Gasteiger partial charge in [-0.25, -0.2) is 9.67 Å². The molecule has 0 spiro atoms. The molecule has 2 heterocycles. The Morgan fingerprint density at radius 2 is 1.85 bits per heavy atom. The first kappa shape index (κ1) is 16.3. The molecule has 3 aromatic rings. The lowest BCUT2D eigenvalue weighted by atomic mass is 9.99. The molecule has 1 aromatic heterocycles. The van der Waals surface area contributed by atoms with Crippen LogP contribution in [0, 0.1) is 0 Å². The van der Waals surface area contributed by atoms with E-state index in [2.05, 4.69) is 40.4 Å². The topological polar surface area (TPSA) is 51.0 Å². The summed E-state index contributed by atoms with van der Waals surface area (Å²) in [7, 11) is 0. The fourth-order valence-corrected chi connectivity index (χ4v) is 3.20. The van der Waals surface area contributed by atoms with Gasteiger partial charge in [0.1, 0.15) is 12.7 Å². The quantitative estimate of drug-likeness (QED) is 0.730. The van der Waals surface area contributed by atoms with Crippen molar-refractivity contribution in [2.75, 3.05) is 13.1 Å². The highest BCUT2D eigenvalue weighted by Gasteiger charge is 2.19. The van der Waals surface area contributed by atoms with Gasteiger partial charge < -0.3 is 4.90 Å². The zero-order chi connectivity index (χ0) is 17.8. The van der Waals surface area contributed by atoms with E-state index in [0.29, 0.717) is 13.1 Å². The molecule has 0 fully saturated rings. The Balaban J connectivity index is 1.41. The van der Waals surface area contributed by atoms with E-state index in [1.165, 1.54) is 17.5 Å². The van der Waals surface area contributed by atoms with Gasteiger partial charge in [0, 0.05) is 18.7 Å². The number of carbonyl (C=O) groups excluding carboxylic acids is 1. The van der Waals surface area contributed by atoms with Crippen molar-refractivity contribution >= 4 is 11.5 Å². The molecule has 130 valence electrons. The van der Waals surface area contributed by atoms with Gasteiger partial charge >= 0.3 is 0 Å². The van der Waals surface area contributed by atoms with Crippen LogP contribution in [0.4, 0.5) is 0 Å². The lowest BCUT2D eigenvalue weighted by Gasteiger charge is -2.27. The summed E-state index contributed by atoms with van der Waals surface area (Å²) in [5.41, 5.74) is 4.38. The van der Waals surface area contributed by atoms with Crippen molar-refractivity contribution in [2.24, 2.45) is 0 Å². The molecule has 0 aliphatic carbocycles. The van der Waals surface area contributed by atoms with E-state index in [4.69, 9.17) is 0 Å². The summed E-state index contributed by atoms with van der Waals surface area (Å²) in [5.74, 6) is 0.0840. The molecular formula is C21H20N4O. The van der Waals surface area contributed by atoms with Crippen LogP contribution >= 0.6 is 0 Å². The molecule has 1 aliphatic rings. The minimum atomic E-state index is 0.0840. The molecule has 1 aliphatic heterocycles. The molecule has 0 atom stereocenters. The van der Waals surface area contributed by atoms with Crippen LogP contribution in [0.2, 0.25) is 0 Å². The molecule has 2 aromatic carbocycles. The van der Waals surface area contributed by atoms with Crippen LogP contribution in [0.3, 0.4) is 0 Å². The Morgan fingerprint density at radius 1 is 1.04 bits per heavy atom. The van der Waals surface area contributed by atoms with E-state index < -0.39 is 0 Å². The van der Waals surface area contributed by atoms with E-state index in [-0.39, 0.29) is 5.91 Å². The fourth-order valence-electron chi connectivity index (χ4n) is 3.20. The van der Waals surface area contributed by atoms with E-state index >= 15 is 0 Å². The van der Waals surface area contributed by atoms with Crippen molar-refractivity contribution in [2.45, 2.75) is 13.0 Å². The Kier molecular flexibility index (Phi) is 4.60.